The molecule has 104 valence electrons. The highest BCUT2D eigenvalue weighted by atomic mass is 32.1. The van der Waals surface area contributed by atoms with E-state index in [4.69, 9.17) is 4.74 Å². The Labute approximate surface area is 122 Å². The molecule has 5 heteroatoms. The van der Waals surface area contributed by atoms with Gasteiger partial charge in [0.05, 0.1) is 12.1 Å². The molecule has 1 amide bonds. The molecule has 4 nitrogen and oxygen atoms in total. The van der Waals surface area contributed by atoms with Gasteiger partial charge >= 0.3 is 0 Å². The van der Waals surface area contributed by atoms with Gasteiger partial charge in [-0.2, -0.15) is 11.3 Å². The molecule has 0 aliphatic carbocycles. The number of carbonyl (C=O) groups excluding carboxylic acids is 1. The molecule has 1 saturated heterocycles. The largest absolute Gasteiger partial charge is 0.488 e. The number of hydrogen-bond acceptors (Lipinski definition) is 4. The van der Waals surface area contributed by atoms with Gasteiger partial charge in [-0.25, -0.2) is 0 Å². The lowest BCUT2D eigenvalue weighted by Crippen LogP contribution is -2.44. The van der Waals surface area contributed by atoms with Gasteiger partial charge < -0.3 is 9.64 Å². The van der Waals surface area contributed by atoms with Crippen molar-refractivity contribution >= 4 is 17.2 Å². The Hall–Kier alpha value is -1.88. The molecule has 0 bridgehead atoms. The molecule has 1 aliphatic rings. The summed E-state index contributed by atoms with van der Waals surface area (Å²) < 4.78 is 5.92. The summed E-state index contributed by atoms with van der Waals surface area (Å²) >= 11 is 1.55. The molecule has 3 rings (SSSR count). The maximum atomic E-state index is 12.3. The number of piperidine rings is 1. The van der Waals surface area contributed by atoms with Crippen LogP contribution in [-0.4, -0.2) is 35.0 Å². The lowest BCUT2D eigenvalue weighted by atomic mass is 10.1. The molecule has 0 saturated carbocycles. The first kappa shape index (κ1) is 13.1. The Bertz CT molecular complexity index is 557. The lowest BCUT2D eigenvalue weighted by Gasteiger charge is -2.32. The van der Waals surface area contributed by atoms with Gasteiger partial charge in [0.1, 0.15) is 11.9 Å². The van der Waals surface area contributed by atoms with E-state index in [0.717, 1.165) is 30.7 Å². The molecule has 2 aromatic rings. The van der Waals surface area contributed by atoms with Gasteiger partial charge in [0.2, 0.25) is 0 Å². The highest BCUT2D eigenvalue weighted by molar-refractivity contribution is 7.08. The Morgan fingerprint density at radius 3 is 2.95 bits per heavy atom. The number of carbonyl (C=O) groups is 1. The van der Waals surface area contributed by atoms with E-state index in [9.17, 15) is 4.79 Å². The van der Waals surface area contributed by atoms with Gasteiger partial charge in [-0.1, -0.05) is 0 Å². The summed E-state index contributed by atoms with van der Waals surface area (Å²) in [5.41, 5.74) is 0.777. The molecule has 1 fully saturated rings. The molecule has 0 aromatic carbocycles. The Kier molecular flexibility index (Phi) is 3.97. The van der Waals surface area contributed by atoms with E-state index < -0.39 is 0 Å². The van der Waals surface area contributed by atoms with Crippen molar-refractivity contribution in [2.24, 2.45) is 0 Å². The SMILES string of the molecule is O=C(c1ccsc1)N1CCC[C@@H](Oc2ccncc2)C1. The summed E-state index contributed by atoms with van der Waals surface area (Å²) in [6.45, 7) is 1.46. The molecule has 3 heterocycles. The van der Waals surface area contributed by atoms with Crippen LogP contribution in [-0.2, 0) is 0 Å². The third-order valence-electron chi connectivity index (χ3n) is 3.39. The number of amides is 1. The van der Waals surface area contributed by atoms with Crippen molar-refractivity contribution in [1.29, 1.82) is 0 Å². The number of rotatable bonds is 3. The van der Waals surface area contributed by atoms with Crippen LogP contribution < -0.4 is 4.74 Å². The van der Waals surface area contributed by atoms with Crippen molar-refractivity contribution in [3.63, 3.8) is 0 Å². The predicted molar refractivity (Wildman–Crippen MR) is 78.1 cm³/mol. The van der Waals surface area contributed by atoms with Crippen LogP contribution in [0, 0.1) is 0 Å². The first-order chi connectivity index (χ1) is 9.83. The zero-order chi connectivity index (χ0) is 13.8. The molecular weight excluding hydrogens is 272 g/mol. The van der Waals surface area contributed by atoms with Crippen LogP contribution in [0.4, 0.5) is 0 Å². The number of aromatic nitrogens is 1. The van der Waals surface area contributed by atoms with Crippen molar-refractivity contribution in [3.8, 4) is 5.75 Å². The van der Waals surface area contributed by atoms with Crippen LogP contribution >= 0.6 is 11.3 Å². The average molecular weight is 288 g/mol. The number of nitrogens with zero attached hydrogens (tertiary/aromatic N) is 2. The first-order valence-electron chi connectivity index (χ1n) is 6.71. The van der Waals surface area contributed by atoms with Gasteiger partial charge in [-0.3, -0.25) is 9.78 Å². The first-order valence-corrected chi connectivity index (χ1v) is 7.65. The fourth-order valence-corrected chi connectivity index (χ4v) is 3.03. The maximum Gasteiger partial charge on any atom is 0.254 e. The minimum Gasteiger partial charge on any atom is -0.488 e. The van der Waals surface area contributed by atoms with E-state index in [1.165, 1.54) is 0 Å². The lowest BCUT2D eigenvalue weighted by molar-refractivity contribution is 0.0538. The number of ether oxygens (including phenoxy) is 1. The van der Waals surface area contributed by atoms with Gasteiger partial charge in [0.15, 0.2) is 0 Å². The van der Waals surface area contributed by atoms with Crippen LogP contribution in [0.25, 0.3) is 0 Å². The highest BCUT2D eigenvalue weighted by Crippen LogP contribution is 2.19. The molecule has 0 unspecified atom stereocenters. The molecule has 2 aromatic heterocycles. The van der Waals surface area contributed by atoms with Crippen molar-refractivity contribution < 1.29 is 9.53 Å². The Morgan fingerprint density at radius 2 is 2.20 bits per heavy atom. The van der Waals surface area contributed by atoms with Gasteiger partial charge in [0.25, 0.3) is 5.91 Å². The van der Waals surface area contributed by atoms with Gasteiger partial charge in [0, 0.05) is 24.3 Å². The van der Waals surface area contributed by atoms with E-state index in [2.05, 4.69) is 4.98 Å². The number of likely N-dealkylation sites (tertiary alicyclic amines) is 1. The second kappa shape index (κ2) is 6.05. The van der Waals surface area contributed by atoms with Crippen LogP contribution in [0.1, 0.15) is 23.2 Å². The zero-order valence-corrected chi connectivity index (χ0v) is 11.9. The second-order valence-corrected chi connectivity index (χ2v) is 5.61. The highest BCUT2D eigenvalue weighted by Gasteiger charge is 2.25. The molecular formula is C15H16N2O2S. The van der Waals surface area contributed by atoms with E-state index >= 15 is 0 Å². The summed E-state index contributed by atoms with van der Waals surface area (Å²) in [6.07, 6.45) is 5.45. The molecule has 0 N–H and O–H groups in total. The van der Waals surface area contributed by atoms with E-state index in [1.807, 2.05) is 33.9 Å². The predicted octanol–water partition coefficient (Wildman–Crippen LogP) is 2.83. The molecule has 1 aliphatic heterocycles. The quantitative estimate of drug-likeness (QED) is 0.872. The summed E-state index contributed by atoms with van der Waals surface area (Å²) in [5.74, 6) is 0.920. The number of hydrogen-bond donors (Lipinski definition) is 0. The second-order valence-electron chi connectivity index (χ2n) is 4.83. The minimum atomic E-state index is 0.0636. The van der Waals surface area contributed by atoms with E-state index in [-0.39, 0.29) is 12.0 Å². The summed E-state index contributed by atoms with van der Waals surface area (Å²) in [6, 6.07) is 5.57. The van der Waals surface area contributed by atoms with Gasteiger partial charge in [-0.15, -0.1) is 0 Å². The molecule has 0 spiro atoms. The van der Waals surface area contributed by atoms with Crippen molar-refractivity contribution in [2.45, 2.75) is 18.9 Å². The summed E-state index contributed by atoms with van der Waals surface area (Å²) in [5, 5.41) is 3.83. The van der Waals surface area contributed by atoms with Crippen LogP contribution in [0.15, 0.2) is 41.4 Å². The van der Waals surface area contributed by atoms with Gasteiger partial charge in [-0.05, 0) is 36.4 Å². The van der Waals surface area contributed by atoms with Crippen molar-refractivity contribution in [1.82, 2.24) is 9.88 Å². The van der Waals surface area contributed by atoms with Crippen molar-refractivity contribution in [2.75, 3.05) is 13.1 Å². The number of thiophene rings is 1. The molecule has 0 radical (unpaired) electrons. The standard InChI is InChI=1S/C15H16N2O2S/c18-15(12-5-9-20-11-12)17-8-1-2-14(10-17)19-13-3-6-16-7-4-13/h3-7,9,11,14H,1-2,8,10H2/t14-/m1/s1. The monoisotopic (exact) mass is 288 g/mol. The zero-order valence-electron chi connectivity index (χ0n) is 11.1. The maximum absolute atomic E-state index is 12.3. The summed E-state index contributed by atoms with van der Waals surface area (Å²) in [4.78, 5) is 18.2. The third-order valence-corrected chi connectivity index (χ3v) is 4.07. The summed E-state index contributed by atoms with van der Waals surface area (Å²) in [7, 11) is 0. The fourth-order valence-electron chi connectivity index (χ4n) is 2.40. The topological polar surface area (TPSA) is 42.4 Å². The van der Waals surface area contributed by atoms with Crippen LogP contribution in [0.3, 0.4) is 0 Å². The minimum absolute atomic E-state index is 0.0636. The normalized spacial score (nSPS) is 18.8. The third kappa shape index (κ3) is 2.99. The van der Waals surface area contributed by atoms with E-state index in [0.29, 0.717) is 6.54 Å². The van der Waals surface area contributed by atoms with E-state index in [1.54, 1.807) is 23.7 Å². The average Bonchev–Trinajstić information content (AvgIpc) is 3.02. The number of pyridine rings is 1. The van der Waals surface area contributed by atoms with Crippen LogP contribution in [0.5, 0.6) is 5.75 Å². The Balaban J connectivity index is 1.63. The molecule has 20 heavy (non-hydrogen) atoms. The fraction of sp³-hybridized carbons (Fsp3) is 0.333. The Morgan fingerprint density at radius 1 is 1.35 bits per heavy atom. The molecule has 1 atom stereocenters. The van der Waals surface area contributed by atoms with Crippen molar-refractivity contribution in [3.05, 3.63) is 46.9 Å². The van der Waals surface area contributed by atoms with Crippen LogP contribution in [0.2, 0.25) is 0 Å². The smallest absolute Gasteiger partial charge is 0.254 e.